The largest absolute Gasteiger partial charge is 0.333 e. The van der Waals surface area contributed by atoms with Crippen LogP contribution in [0.25, 0.3) is 0 Å². The Labute approximate surface area is 107 Å². The van der Waals surface area contributed by atoms with E-state index in [1.54, 1.807) is 4.90 Å². The third-order valence-corrected chi connectivity index (χ3v) is 3.36. The summed E-state index contributed by atoms with van der Waals surface area (Å²) in [6, 6.07) is 7.49. The summed E-state index contributed by atoms with van der Waals surface area (Å²) >= 11 is 0. The van der Waals surface area contributed by atoms with E-state index in [4.69, 9.17) is 0 Å². The topological polar surface area (TPSA) is 49.4 Å². The Hall–Kier alpha value is -1.84. The highest BCUT2D eigenvalue weighted by atomic mass is 16.2. The number of nitrogens with one attached hydrogen (secondary N) is 1. The van der Waals surface area contributed by atoms with Gasteiger partial charge in [-0.1, -0.05) is 19.1 Å². The minimum Gasteiger partial charge on any atom is -0.333 e. The van der Waals surface area contributed by atoms with E-state index in [2.05, 4.69) is 12.2 Å². The molecule has 1 heterocycles. The molecule has 0 spiro atoms. The van der Waals surface area contributed by atoms with Crippen molar-refractivity contribution in [2.45, 2.75) is 32.2 Å². The van der Waals surface area contributed by atoms with Gasteiger partial charge in [0, 0.05) is 12.2 Å². The monoisotopic (exact) mass is 246 g/mol. The molecule has 2 rings (SSSR count). The second kappa shape index (κ2) is 5.67. The molecule has 1 unspecified atom stereocenters. The molecule has 4 nitrogen and oxygen atoms in total. The molecule has 1 N–H and O–H groups in total. The Bertz CT molecular complexity index is 428. The van der Waals surface area contributed by atoms with Crippen LogP contribution in [0.4, 0.5) is 5.69 Å². The van der Waals surface area contributed by atoms with E-state index in [0.717, 1.165) is 31.4 Å². The van der Waals surface area contributed by atoms with Crippen LogP contribution >= 0.6 is 0 Å². The van der Waals surface area contributed by atoms with Crippen LogP contribution in [0.3, 0.4) is 0 Å². The molecule has 2 amide bonds. The summed E-state index contributed by atoms with van der Waals surface area (Å²) in [4.78, 5) is 24.4. The molecule has 1 saturated heterocycles. The fourth-order valence-electron chi connectivity index (χ4n) is 2.25. The van der Waals surface area contributed by atoms with Crippen molar-refractivity contribution < 1.29 is 9.59 Å². The van der Waals surface area contributed by atoms with Crippen LogP contribution in [0.15, 0.2) is 24.3 Å². The molecule has 4 heteroatoms. The highest BCUT2D eigenvalue weighted by Crippen LogP contribution is 2.17. The molecule has 0 radical (unpaired) electrons. The standard InChI is InChI=1S/C14H18N2O2/c1-2-11-5-7-12(8-6-11)15-14(18)13-4-3-9-16(13)10-17/h5-8,10,13H,2-4,9H2,1H3,(H,15,18). The van der Waals surface area contributed by atoms with E-state index < -0.39 is 0 Å². The summed E-state index contributed by atoms with van der Waals surface area (Å²) in [6.07, 6.45) is 3.39. The number of carbonyl (C=O) groups is 2. The maximum absolute atomic E-state index is 12.0. The molecule has 18 heavy (non-hydrogen) atoms. The molecule has 1 atom stereocenters. The summed E-state index contributed by atoms with van der Waals surface area (Å²) < 4.78 is 0. The van der Waals surface area contributed by atoms with Crippen LogP contribution in [-0.4, -0.2) is 29.8 Å². The Morgan fingerprint density at radius 3 is 2.78 bits per heavy atom. The molecule has 1 aromatic rings. The van der Waals surface area contributed by atoms with E-state index in [1.165, 1.54) is 5.56 Å². The van der Waals surface area contributed by atoms with Gasteiger partial charge in [-0.15, -0.1) is 0 Å². The van der Waals surface area contributed by atoms with Crippen molar-refractivity contribution in [3.8, 4) is 0 Å². The average molecular weight is 246 g/mol. The van der Waals surface area contributed by atoms with Crippen molar-refractivity contribution >= 4 is 18.0 Å². The van der Waals surface area contributed by atoms with E-state index in [1.807, 2.05) is 24.3 Å². The Kier molecular flexibility index (Phi) is 3.97. The zero-order chi connectivity index (χ0) is 13.0. The third kappa shape index (κ3) is 2.70. The lowest BCUT2D eigenvalue weighted by molar-refractivity contribution is -0.127. The highest BCUT2D eigenvalue weighted by Gasteiger charge is 2.29. The van der Waals surface area contributed by atoms with Gasteiger partial charge in [0.2, 0.25) is 12.3 Å². The van der Waals surface area contributed by atoms with E-state index in [-0.39, 0.29) is 11.9 Å². The summed E-state index contributed by atoms with van der Waals surface area (Å²) in [5.41, 5.74) is 2.03. The van der Waals surface area contributed by atoms with E-state index in [0.29, 0.717) is 6.54 Å². The number of hydrogen-bond acceptors (Lipinski definition) is 2. The first-order valence-electron chi connectivity index (χ1n) is 6.35. The predicted octanol–water partition coefficient (Wildman–Crippen LogP) is 1.81. The van der Waals surface area contributed by atoms with Gasteiger partial charge in [0.05, 0.1) is 0 Å². The maximum atomic E-state index is 12.0. The smallest absolute Gasteiger partial charge is 0.247 e. The van der Waals surface area contributed by atoms with Crippen LogP contribution in [0.1, 0.15) is 25.3 Å². The van der Waals surface area contributed by atoms with Gasteiger partial charge in [0.25, 0.3) is 0 Å². The molecule has 0 aromatic heterocycles. The summed E-state index contributed by atoms with van der Waals surface area (Å²) in [5.74, 6) is -0.0937. The van der Waals surface area contributed by atoms with Gasteiger partial charge in [-0.05, 0) is 37.0 Å². The quantitative estimate of drug-likeness (QED) is 0.824. The number of aryl methyl sites for hydroxylation is 1. The van der Waals surface area contributed by atoms with Gasteiger partial charge in [0.1, 0.15) is 6.04 Å². The zero-order valence-corrected chi connectivity index (χ0v) is 10.6. The van der Waals surface area contributed by atoms with Crippen molar-refractivity contribution in [1.29, 1.82) is 0 Å². The van der Waals surface area contributed by atoms with Gasteiger partial charge in [-0.25, -0.2) is 0 Å². The van der Waals surface area contributed by atoms with E-state index in [9.17, 15) is 9.59 Å². The lowest BCUT2D eigenvalue weighted by Gasteiger charge is -2.19. The van der Waals surface area contributed by atoms with Crippen LogP contribution in [0, 0.1) is 0 Å². The Balaban J connectivity index is 1.99. The highest BCUT2D eigenvalue weighted by molar-refractivity contribution is 5.96. The summed E-state index contributed by atoms with van der Waals surface area (Å²) in [7, 11) is 0. The van der Waals surface area contributed by atoms with Crippen LogP contribution in [0.5, 0.6) is 0 Å². The summed E-state index contributed by atoms with van der Waals surface area (Å²) in [6.45, 7) is 2.77. The van der Waals surface area contributed by atoms with Crippen molar-refractivity contribution in [2.75, 3.05) is 11.9 Å². The van der Waals surface area contributed by atoms with E-state index >= 15 is 0 Å². The van der Waals surface area contributed by atoms with Crippen molar-refractivity contribution in [1.82, 2.24) is 4.90 Å². The summed E-state index contributed by atoms with van der Waals surface area (Å²) in [5, 5.41) is 2.86. The van der Waals surface area contributed by atoms with Crippen LogP contribution < -0.4 is 5.32 Å². The second-order valence-electron chi connectivity index (χ2n) is 4.54. The number of amides is 2. The predicted molar refractivity (Wildman–Crippen MR) is 70.2 cm³/mol. The molecule has 0 bridgehead atoms. The number of hydrogen-bond donors (Lipinski definition) is 1. The number of rotatable bonds is 4. The normalized spacial score (nSPS) is 18.7. The van der Waals surface area contributed by atoms with Gasteiger partial charge >= 0.3 is 0 Å². The molecule has 96 valence electrons. The lowest BCUT2D eigenvalue weighted by Crippen LogP contribution is -2.38. The molecule has 1 aromatic carbocycles. The Morgan fingerprint density at radius 2 is 2.17 bits per heavy atom. The minimum absolute atomic E-state index is 0.0937. The number of benzene rings is 1. The number of carbonyl (C=O) groups excluding carboxylic acids is 2. The molecule has 1 fully saturated rings. The van der Waals surface area contributed by atoms with Gasteiger partial charge < -0.3 is 10.2 Å². The van der Waals surface area contributed by atoms with Crippen molar-refractivity contribution in [2.24, 2.45) is 0 Å². The van der Waals surface area contributed by atoms with Gasteiger partial charge in [-0.3, -0.25) is 9.59 Å². The first kappa shape index (κ1) is 12.6. The average Bonchev–Trinajstić information content (AvgIpc) is 2.88. The SMILES string of the molecule is CCc1ccc(NC(=O)C2CCCN2C=O)cc1. The number of likely N-dealkylation sites (tertiary alicyclic amines) is 1. The first-order chi connectivity index (χ1) is 8.74. The Morgan fingerprint density at radius 1 is 1.44 bits per heavy atom. The minimum atomic E-state index is -0.312. The maximum Gasteiger partial charge on any atom is 0.247 e. The fraction of sp³-hybridized carbons (Fsp3) is 0.429. The van der Waals surface area contributed by atoms with Gasteiger partial charge in [-0.2, -0.15) is 0 Å². The number of anilines is 1. The van der Waals surface area contributed by atoms with Crippen molar-refractivity contribution in [3.05, 3.63) is 29.8 Å². The molecular formula is C14H18N2O2. The van der Waals surface area contributed by atoms with Crippen molar-refractivity contribution in [3.63, 3.8) is 0 Å². The fourth-order valence-corrected chi connectivity index (χ4v) is 2.25. The van der Waals surface area contributed by atoms with Gasteiger partial charge in [0.15, 0.2) is 0 Å². The molecular weight excluding hydrogens is 228 g/mol. The second-order valence-corrected chi connectivity index (χ2v) is 4.54. The lowest BCUT2D eigenvalue weighted by atomic mass is 10.1. The molecule has 1 aliphatic rings. The molecule has 1 aliphatic heterocycles. The van der Waals surface area contributed by atoms with Crippen LogP contribution in [0.2, 0.25) is 0 Å². The van der Waals surface area contributed by atoms with Crippen LogP contribution in [-0.2, 0) is 16.0 Å². The molecule has 0 aliphatic carbocycles. The number of nitrogens with zero attached hydrogens (tertiary/aromatic N) is 1. The zero-order valence-electron chi connectivity index (χ0n) is 10.6. The third-order valence-electron chi connectivity index (χ3n) is 3.36. The molecule has 0 saturated carbocycles. The first-order valence-corrected chi connectivity index (χ1v) is 6.35.